The Morgan fingerprint density at radius 1 is 1.29 bits per heavy atom. The molecule has 0 aliphatic rings. The molecule has 2 N–H and O–H groups in total. The highest BCUT2D eigenvalue weighted by atomic mass is 32.1. The van der Waals surface area contributed by atoms with Gasteiger partial charge in [0.25, 0.3) is 5.56 Å². The third-order valence-electron chi connectivity index (χ3n) is 4.52. The van der Waals surface area contributed by atoms with Crippen LogP contribution >= 0.6 is 11.3 Å². The molecule has 0 aliphatic carbocycles. The fourth-order valence-electron chi connectivity index (χ4n) is 2.98. The van der Waals surface area contributed by atoms with E-state index < -0.39 is 0 Å². The largest absolute Gasteiger partial charge is 0.491 e. The van der Waals surface area contributed by atoms with Crippen molar-refractivity contribution < 1.29 is 9.53 Å². The van der Waals surface area contributed by atoms with E-state index in [1.165, 1.54) is 11.3 Å². The molecule has 3 aromatic rings. The molecule has 2 aromatic heterocycles. The van der Waals surface area contributed by atoms with Gasteiger partial charge in [0.1, 0.15) is 16.4 Å². The zero-order valence-electron chi connectivity index (χ0n) is 16.8. The van der Waals surface area contributed by atoms with Gasteiger partial charge in [0.05, 0.1) is 11.5 Å². The summed E-state index contributed by atoms with van der Waals surface area (Å²) in [4.78, 5) is 33.8. The van der Waals surface area contributed by atoms with Crippen LogP contribution in [-0.4, -0.2) is 22.0 Å². The lowest BCUT2D eigenvalue weighted by molar-refractivity contribution is -0.116. The first-order valence-corrected chi connectivity index (χ1v) is 10.1. The lowest BCUT2D eigenvalue weighted by Gasteiger charge is -2.13. The van der Waals surface area contributed by atoms with E-state index in [4.69, 9.17) is 4.74 Å². The highest BCUT2D eigenvalue weighted by Gasteiger charge is 2.13. The second kappa shape index (κ2) is 8.14. The van der Waals surface area contributed by atoms with Gasteiger partial charge < -0.3 is 15.0 Å². The number of fused-ring (bicyclic) bond motifs is 1. The van der Waals surface area contributed by atoms with Gasteiger partial charge in [0, 0.05) is 23.4 Å². The maximum absolute atomic E-state index is 12.3. The molecule has 0 unspecified atom stereocenters. The van der Waals surface area contributed by atoms with Gasteiger partial charge in [-0.1, -0.05) is 0 Å². The summed E-state index contributed by atoms with van der Waals surface area (Å²) in [6, 6.07) is 5.59. The molecule has 28 heavy (non-hydrogen) atoms. The van der Waals surface area contributed by atoms with Gasteiger partial charge in [-0.05, 0) is 63.9 Å². The first-order valence-electron chi connectivity index (χ1n) is 9.30. The second-order valence-electron chi connectivity index (χ2n) is 7.17. The number of H-pyrrole nitrogens is 1. The summed E-state index contributed by atoms with van der Waals surface area (Å²) in [5, 5.41) is 3.56. The molecule has 1 aromatic carbocycles. The Balaban J connectivity index is 1.66. The van der Waals surface area contributed by atoms with Crippen molar-refractivity contribution in [2.45, 2.75) is 53.6 Å². The van der Waals surface area contributed by atoms with Crippen LogP contribution < -0.4 is 15.6 Å². The minimum atomic E-state index is -0.140. The van der Waals surface area contributed by atoms with Gasteiger partial charge in [-0.15, -0.1) is 11.3 Å². The molecule has 0 saturated carbocycles. The number of carbonyl (C=O) groups is 1. The Bertz CT molecular complexity index is 1080. The zero-order valence-corrected chi connectivity index (χ0v) is 17.6. The number of carbonyl (C=O) groups excluding carboxylic acids is 1. The number of benzene rings is 1. The van der Waals surface area contributed by atoms with Gasteiger partial charge in [-0.3, -0.25) is 9.59 Å². The molecule has 2 heterocycles. The van der Waals surface area contributed by atoms with Crippen LogP contribution in [0, 0.1) is 20.8 Å². The van der Waals surface area contributed by atoms with Crippen LogP contribution in [0.25, 0.3) is 10.2 Å². The summed E-state index contributed by atoms with van der Waals surface area (Å²) in [7, 11) is 0. The summed E-state index contributed by atoms with van der Waals surface area (Å²) in [5.74, 6) is 1.19. The predicted octanol–water partition coefficient (Wildman–Crippen LogP) is 4.27. The molecule has 0 radical (unpaired) electrons. The molecule has 1 amide bonds. The molecule has 0 aliphatic heterocycles. The van der Waals surface area contributed by atoms with E-state index in [0.29, 0.717) is 17.6 Å². The number of hydrogen-bond acceptors (Lipinski definition) is 5. The third-order valence-corrected chi connectivity index (χ3v) is 5.62. The SMILES string of the molecule is Cc1cc(OC(C)C)ccc1NC(=O)CCc1nc2sc(C)c(C)c2c(=O)[nH]1. The summed E-state index contributed by atoms with van der Waals surface area (Å²) < 4.78 is 5.66. The third kappa shape index (κ3) is 4.42. The van der Waals surface area contributed by atoms with Crippen LogP contribution in [0.1, 0.15) is 42.1 Å². The predicted molar refractivity (Wildman–Crippen MR) is 114 cm³/mol. The van der Waals surface area contributed by atoms with Crippen molar-refractivity contribution in [2.24, 2.45) is 0 Å². The van der Waals surface area contributed by atoms with Crippen LogP contribution in [0.15, 0.2) is 23.0 Å². The average molecular weight is 400 g/mol. The van der Waals surface area contributed by atoms with Crippen LogP contribution in [0.4, 0.5) is 5.69 Å². The Labute approximate surface area is 168 Å². The van der Waals surface area contributed by atoms with Crippen molar-refractivity contribution in [3.63, 3.8) is 0 Å². The molecule has 0 spiro atoms. The lowest BCUT2D eigenvalue weighted by atomic mass is 10.1. The Kier molecular flexibility index (Phi) is 5.84. The molecule has 6 nitrogen and oxygen atoms in total. The Hall–Kier alpha value is -2.67. The maximum atomic E-state index is 12.3. The Morgan fingerprint density at radius 3 is 2.71 bits per heavy atom. The number of amides is 1. The number of aromatic nitrogens is 2. The number of nitrogens with zero attached hydrogens (tertiary/aromatic N) is 1. The molecule has 0 atom stereocenters. The van der Waals surface area contributed by atoms with E-state index in [9.17, 15) is 9.59 Å². The molecular weight excluding hydrogens is 374 g/mol. The number of rotatable bonds is 6. The zero-order chi connectivity index (χ0) is 20.4. The van der Waals surface area contributed by atoms with Crippen LogP contribution in [0.5, 0.6) is 5.75 Å². The maximum Gasteiger partial charge on any atom is 0.259 e. The molecule has 148 valence electrons. The number of hydrogen-bond donors (Lipinski definition) is 2. The number of aryl methyl sites for hydroxylation is 4. The first-order chi connectivity index (χ1) is 13.2. The Morgan fingerprint density at radius 2 is 2.04 bits per heavy atom. The quantitative estimate of drug-likeness (QED) is 0.648. The van der Waals surface area contributed by atoms with Crippen molar-refractivity contribution in [3.05, 3.63) is 50.4 Å². The van der Waals surface area contributed by atoms with Crippen molar-refractivity contribution in [1.29, 1.82) is 0 Å². The summed E-state index contributed by atoms with van der Waals surface area (Å²) in [6.45, 7) is 9.78. The van der Waals surface area contributed by atoms with Crippen LogP contribution in [-0.2, 0) is 11.2 Å². The van der Waals surface area contributed by atoms with Gasteiger partial charge in [-0.25, -0.2) is 4.98 Å². The topological polar surface area (TPSA) is 84.1 Å². The molecule has 0 bridgehead atoms. The second-order valence-corrected chi connectivity index (χ2v) is 8.37. The van der Waals surface area contributed by atoms with Crippen LogP contribution in [0.3, 0.4) is 0 Å². The molecule has 0 saturated heterocycles. The van der Waals surface area contributed by atoms with Crippen molar-refractivity contribution in [2.75, 3.05) is 5.32 Å². The van der Waals surface area contributed by atoms with Gasteiger partial charge in [-0.2, -0.15) is 0 Å². The van der Waals surface area contributed by atoms with Crippen molar-refractivity contribution >= 4 is 33.1 Å². The van der Waals surface area contributed by atoms with E-state index in [2.05, 4.69) is 15.3 Å². The summed E-state index contributed by atoms with van der Waals surface area (Å²) in [5.41, 5.74) is 2.52. The lowest BCUT2D eigenvalue weighted by Crippen LogP contribution is -2.16. The average Bonchev–Trinajstić information content (AvgIpc) is 2.89. The van der Waals surface area contributed by atoms with Gasteiger partial charge in [0.15, 0.2) is 0 Å². The highest BCUT2D eigenvalue weighted by Crippen LogP contribution is 2.26. The standard InChI is InChI=1S/C21H25N3O3S/c1-11(2)27-15-6-7-16(12(3)10-15)22-18(25)9-8-17-23-20(26)19-13(4)14(5)28-21(19)24-17/h6-7,10-11H,8-9H2,1-5H3,(H,22,25)(H,23,24,26). The van der Waals surface area contributed by atoms with Gasteiger partial charge in [0.2, 0.25) is 5.91 Å². The van der Waals surface area contributed by atoms with E-state index in [0.717, 1.165) is 32.3 Å². The number of nitrogens with one attached hydrogen (secondary N) is 2. The van der Waals surface area contributed by atoms with E-state index in [-0.39, 0.29) is 24.0 Å². The van der Waals surface area contributed by atoms with Crippen molar-refractivity contribution in [1.82, 2.24) is 9.97 Å². The summed E-state index contributed by atoms with van der Waals surface area (Å²) in [6.07, 6.45) is 0.713. The number of ether oxygens (including phenoxy) is 1. The van der Waals surface area contributed by atoms with Gasteiger partial charge >= 0.3 is 0 Å². The smallest absolute Gasteiger partial charge is 0.259 e. The molecular formula is C21H25N3O3S. The number of thiophene rings is 1. The number of aromatic amines is 1. The molecule has 7 heteroatoms. The monoisotopic (exact) mass is 399 g/mol. The number of anilines is 1. The minimum absolute atomic E-state index is 0.0998. The van der Waals surface area contributed by atoms with Crippen molar-refractivity contribution in [3.8, 4) is 5.75 Å². The first kappa shape index (κ1) is 20.1. The van der Waals surface area contributed by atoms with E-state index in [1.807, 2.05) is 52.8 Å². The highest BCUT2D eigenvalue weighted by molar-refractivity contribution is 7.18. The summed E-state index contributed by atoms with van der Waals surface area (Å²) >= 11 is 1.51. The van der Waals surface area contributed by atoms with E-state index in [1.54, 1.807) is 0 Å². The normalized spacial score (nSPS) is 11.2. The van der Waals surface area contributed by atoms with E-state index >= 15 is 0 Å². The molecule has 3 rings (SSSR count). The fourth-order valence-corrected chi connectivity index (χ4v) is 4.03. The minimum Gasteiger partial charge on any atom is -0.491 e. The molecule has 0 fully saturated rings. The van der Waals surface area contributed by atoms with Crippen LogP contribution in [0.2, 0.25) is 0 Å². The fraction of sp³-hybridized carbons (Fsp3) is 0.381.